The monoisotopic (exact) mass is 506 g/mol. The first-order valence-electron chi connectivity index (χ1n) is 13.7. The maximum absolute atomic E-state index is 14.3. The van der Waals surface area contributed by atoms with Crippen molar-refractivity contribution in [2.75, 3.05) is 39.3 Å². The number of phenols is 1. The highest BCUT2D eigenvalue weighted by Gasteiger charge is 2.43. The molecule has 0 spiro atoms. The van der Waals surface area contributed by atoms with Crippen molar-refractivity contribution in [3.63, 3.8) is 0 Å². The Labute approximate surface area is 218 Å². The number of benzene rings is 2. The Balaban J connectivity index is 1.56. The summed E-state index contributed by atoms with van der Waals surface area (Å²) < 4.78 is 6.42. The lowest BCUT2D eigenvalue weighted by atomic mass is 9.87. The number of rotatable bonds is 1. The molecule has 0 fully saturated rings. The van der Waals surface area contributed by atoms with Crippen molar-refractivity contribution in [2.24, 2.45) is 0 Å². The molecule has 0 saturated heterocycles. The minimum atomic E-state index is -0.484. The van der Waals surface area contributed by atoms with E-state index in [2.05, 4.69) is 22.0 Å². The Hall–Kier alpha value is -3.10. The van der Waals surface area contributed by atoms with Gasteiger partial charge in [0.25, 0.3) is 0 Å². The molecule has 0 unspecified atom stereocenters. The second-order valence-electron chi connectivity index (χ2n) is 10.3. The molecule has 3 heterocycles. The molecule has 3 aliphatic rings. The molecule has 5 rings (SSSR count). The molecular formula is C29H38N4O4. The zero-order valence-corrected chi connectivity index (χ0v) is 21.4. The predicted molar refractivity (Wildman–Crippen MR) is 142 cm³/mol. The summed E-state index contributed by atoms with van der Waals surface area (Å²) in [5.74, 6) is 0.486. The van der Waals surface area contributed by atoms with Crippen molar-refractivity contribution in [3.05, 3.63) is 59.2 Å². The standard InChI is InChI=1S/C29H38N4O4/c34-22-9-6-20(7-10-22)28-27-23-18-21(8-11-25(23)37-28)24-19-26(35)32-15-5-17-33(29(27)36)16-3-1-2-12-30-13-4-14-31-24/h6-11,18,24,27-28,30-31,34H,1-5,12-17,19H2,(H,32,35)/t24-,27+,28-/m0/s1. The first-order chi connectivity index (χ1) is 18.1. The van der Waals surface area contributed by atoms with Gasteiger partial charge in [-0.05, 0) is 80.7 Å². The van der Waals surface area contributed by atoms with Crippen molar-refractivity contribution in [1.82, 2.24) is 20.9 Å². The van der Waals surface area contributed by atoms with E-state index in [1.54, 1.807) is 12.1 Å². The van der Waals surface area contributed by atoms with Gasteiger partial charge in [0.05, 0.1) is 0 Å². The summed E-state index contributed by atoms with van der Waals surface area (Å²) in [5.41, 5.74) is 2.73. The largest absolute Gasteiger partial charge is 0.508 e. The lowest BCUT2D eigenvalue weighted by Gasteiger charge is -2.28. The quantitative estimate of drug-likeness (QED) is 0.474. The average molecular weight is 507 g/mol. The van der Waals surface area contributed by atoms with Gasteiger partial charge in [-0.25, -0.2) is 0 Å². The molecule has 2 aromatic carbocycles. The number of amides is 2. The van der Waals surface area contributed by atoms with Crippen LogP contribution in [-0.4, -0.2) is 61.1 Å². The van der Waals surface area contributed by atoms with E-state index in [1.165, 1.54) is 0 Å². The molecule has 8 heteroatoms. The van der Waals surface area contributed by atoms with Crippen molar-refractivity contribution in [3.8, 4) is 11.5 Å². The van der Waals surface area contributed by atoms with E-state index in [-0.39, 0.29) is 23.6 Å². The van der Waals surface area contributed by atoms with E-state index >= 15 is 0 Å². The van der Waals surface area contributed by atoms with Crippen LogP contribution < -0.4 is 20.7 Å². The number of hydrogen-bond donors (Lipinski definition) is 4. The summed E-state index contributed by atoms with van der Waals surface area (Å²) in [5, 5.41) is 20.0. The van der Waals surface area contributed by atoms with Crippen LogP contribution in [0.5, 0.6) is 11.5 Å². The van der Waals surface area contributed by atoms with E-state index in [0.717, 1.165) is 62.0 Å². The van der Waals surface area contributed by atoms with Gasteiger partial charge in [0.2, 0.25) is 11.8 Å². The number of nitrogens with one attached hydrogen (secondary N) is 3. The lowest BCUT2D eigenvalue weighted by Crippen LogP contribution is -2.39. The minimum Gasteiger partial charge on any atom is -0.508 e. The Morgan fingerprint density at radius 3 is 2.49 bits per heavy atom. The minimum absolute atomic E-state index is 0.0177. The van der Waals surface area contributed by atoms with E-state index in [9.17, 15) is 14.7 Å². The normalized spacial score (nSPS) is 25.7. The van der Waals surface area contributed by atoms with Crippen LogP contribution in [0.3, 0.4) is 0 Å². The van der Waals surface area contributed by atoms with Crippen molar-refractivity contribution < 1.29 is 19.4 Å². The Morgan fingerprint density at radius 2 is 1.62 bits per heavy atom. The zero-order chi connectivity index (χ0) is 25.6. The fraction of sp³-hybridized carbons (Fsp3) is 0.517. The summed E-state index contributed by atoms with van der Waals surface area (Å²) in [6, 6.07) is 12.8. The third-order valence-electron chi connectivity index (χ3n) is 7.65. The molecule has 0 saturated carbocycles. The summed E-state index contributed by atoms with van der Waals surface area (Å²) in [4.78, 5) is 29.0. The van der Waals surface area contributed by atoms with Gasteiger partial charge in [0.15, 0.2) is 0 Å². The first kappa shape index (κ1) is 25.5. The number of phenolic OH excluding ortho intramolecular Hbond substituents is 1. The number of ether oxygens (including phenoxy) is 1. The summed E-state index contributed by atoms with van der Waals surface area (Å²) in [6.45, 7) is 4.53. The molecular weight excluding hydrogens is 468 g/mol. The maximum atomic E-state index is 14.3. The van der Waals surface area contributed by atoms with Crippen LogP contribution in [0.2, 0.25) is 0 Å². The fourth-order valence-electron chi connectivity index (χ4n) is 5.63. The van der Waals surface area contributed by atoms with Crippen LogP contribution >= 0.6 is 0 Å². The zero-order valence-electron chi connectivity index (χ0n) is 21.4. The average Bonchev–Trinajstić information content (AvgIpc) is 3.28. The van der Waals surface area contributed by atoms with Gasteiger partial charge >= 0.3 is 0 Å². The van der Waals surface area contributed by atoms with E-state index in [1.807, 2.05) is 29.2 Å². The molecule has 198 valence electrons. The van der Waals surface area contributed by atoms with Crippen molar-refractivity contribution in [2.45, 2.75) is 56.6 Å². The molecule has 37 heavy (non-hydrogen) atoms. The first-order valence-corrected chi connectivity index (χ1v) is 13.7. The number of hydrogen-bond acceptors (Lipinski definition) is 6. The van der Waals surface area contributed by atoms with Crippen LogP contribution in [0.15, 0.2) is 42.5 Å². The number of fused-ring (bicyclic) bond motifs is 1. The Bertz CT molecular complexity index is 1090. The second kappa shape index (κ2) is 12.0. The van der Waals surface area contributed by atoms with E-state index in [4.69, 9.17) is 4.74 Å². The van der Waals surface area contributed by atoms with Crippen LogP contribution in [-0.2, 0) is 9.59 Å². The van der Waals surface area contributed by atoms with Gasteiger partial charge < -0.3 is 30.7 Å². The number of nitrogens with zero attached hydrogens (tertiary/aromatic N) is 1. The molecule has 3 atom stereocenters. The highest BCUT2D eigenvalue weighted by Crippen LogP contribution is 2.48. The molecule has 8 nitrogen and oxygen atoms in total. The molecule has 4 bridgehead atoms. The highest BCUT2D eigenvalue weighted by atomic mass is 16.5. The van der Waals surface area contributed by atoms with Gasteiger partial charge in [-0.1, -0.05) is 24.6 Å². The molecule has 2 amide bonds. The molecule has 0 aromatic heterocycles. The van der Waals surface area contributed by atoms with Crippen LogP contribution in [0.1, 0.15) is 73.3 Å². The van der Waals surface area contributed by atoms with E-state index < -0.39 is 12.0 Å². The number of carbonyl (C=O) groups excluding carboxylic acids is 2. The Kier molecular flexibility index (Phi) is 8.26. The number of carbonyl (C=O) groups is 2. The summed E-state index contributed by atoms with van der Waals surface area (Å²) in [6.07, 6.45) is 4.63. The van der Waals surface area contributed by atoms with Gasteiger partial charge in [0, 0.05) is 37.7 Å². The maximum Gasteiger partial charge on any atom is 0.234 e. The smallest absolute Gasteiger partial charge is 0.234 e. The SMILES string of the molecule is O=C1C[C@@H]2NCCCNCCCCCN(CCCN1)C(=O)[C@@H]1c3cc2ccc3O[C@H]1c1ccc(O)cc1. The Morgan fingerprint density at radius 1 is 0.838 bits per heavy atom. The van der Waals surface area contributed by atoms with Crippen LogP contribution in [0, 0.1) is 0 Å². The summed E-state index contributed by atoms with van der Waals surface area (Å²) in [7, 11) is 0. The highest BCUT2D eigenvalue weighted by molar-refractivity contribution is 5.87. The number of aromatic hydroxyl groups is 1. The molecule has 2 aromatic rings. The van der Waals surface area contributed by atoms with Gasteiger partial charge in [-0.15, -0.1) is 0 Å². The predicted octanol–water partition coefficient (Wildman–Crippen LogP) is 3.14. The topological polar surface area (TPSA) is 103 Å². The van der Waals surface area contributed by atoms with Gasteiger partial charge in [-0.3, -0.25) is 9.59 Å². The van der Waals surface area contributed by atoms with Crippen molar-refractivity contribution in [1.29, 1.82) is 0 Å². The van der Waals surface area contributed by atoms with Crippen LogP contribution in [0.25, 0.3) is 0 Å². The molecule has 4 N–H and O–H groups in total. The van der Waals surface area contributed by atoms with Gasteiger partial charge in [-0.2, -0.15) is 0 Å². The third kappa shape index (κ3) is 6.08. The van der Waals surface area contributed by atoms with E-state index in [0.29, 0.717) is 38.2 Å². The third-order valence-corrected chi connectivity index (χ3v) is 7.65. The molecule has 3 aliphatic heterocycles. The second-order valence-corrected chi connectivity index (χ2v) is 10.3. The van der Waals surface area contributed by atoms with Gasteiger partial charge in [0.1, 0.15) is 23.5 Å². The van der Waals surface area contributed by atoms with Crippen LogP contribution in [0.4, 0.5) is 0 Å². The molecule has 0 aliphatic carbocycles. The fourth-order valence-corrected chi connectivity index (χ4v) is 5.63. The molecule has 0 radical (unpaired) electrons. The lowest BCUT2D eigenvalue weighted by molar-refractivity contribution is -0.134. The summed E-state index contributed by atoms with van der Waals surface area (Å²) >= 11 is 0. The van der Waals surface area contributed by atoms with Crippen molar-refractivity contribution >= 4 is 11.8 Å².